The molecule has 0 bridgehead atoms. The minimum absolute atomic E-state index is 0.000147. The van der Waals surface area contributed by atoms with Crippen LogP contribution in [0.1, 0.15) is 41.4 Å². The van der Waals surface area contributed by atoms with E-state index < -0.39 is 16.1 Å². The van der Waals surface area contributed by atoms with E-state index in [9.17, 15) is 13.2 Å². The van der Waals surface area contributed by atoms with Crippen LogP contribution in [0.25, 0.3) is 0 Å². The van der Waals surface area contributed by atoms with Crippen LogP contribution < -0.4 is 4.18 Å². The lowest BCUT2D eigenvalue weighted by molar-refractivity contribution is 0.0597. The van der Waals surface area contributed by atoms with Crippen LogP contribution in [0.15, 0.2) is 35.4 Å². The molecule has 0 amide bonds. The summed E-state index contributed by atoms with van der Waals surface area (Å²) in [6.45, 7) is 5.47. The van der Waals surface area contributed by atoms with Crippen LogP contribution in [0.4, 0.5) is 0 Å². The van der Waals surface area contributed by atoms with Gasteiger partial charge in [0.25, 0.3) is 0 Å². The van der Waals surface area contributed by atoms with E-state index in [1.54, 1.807) is 12.1 Å². The highest BCUT2D eigenvalue weighted by atomic mass is 32.2. The lowest BCUT2D eigenvalue weighted by atomic mass is 10.1. The predicted octanol–water partition coefficient (Wildman–Crippen LogP) is 2.46. The van der Waals surface area contributed by atoms with Crippen LogP contribution in [0, 0.1) is 6.92 Å². The van der Waals surface area contributed by atoms with Crippen LogP contribution in [0.5, 0.6) is 6.01 Å². The predicted molar refractivity (Wildman–Crippen MR) is 86.5 cm³/mol. The van der Waals surface area contributed by atoms with Gasteiger partial charge in [-0.25, -0.2) is 9.78 Å². The Kier molecular flexibility index (Phi) is 5.18. The van der Waals surface area contributed by atoms with Gasteiger partial charge in [0, 0.05) is 6.20 Å². The molecule has 0 aliphatic heterocycles. The molecule has 1 aromatic heterocycles. The fraction of sp³-hybridized carbons (Fsp3) is 0.312. The number of esters is 1. The largest absolute Gasteiger partial charge is 0.465 e. The molecule has 0 radical (unpaired) electrons. The zero-order valence-electron chi connectivity index (χ0n) is 13.8. The van der Waals surface area contributed by atoms with E-state index in [1.807, 2.05) is 20.8 Å². The van der Waals surface area contributed by atoms with E-state index in [1.165, 1.54) is 25.4 Å². The second kappa shape index (κ2) is 6.96. The summed E-state index contributed by atoms with van der Waals surface area (Å²) in [5, 5.41) is 0. The number of aryl methyl sites for hydroxylation is 1. The summed E-state index contributed by atoms with van der Waals surface area (Å²) in [4.78, 5) is 19.6. The highest BCUT2D eigenvalue weighted by molar-refractivity contribution is 7.87. The Bertz CT molecular complexity index is 845. The van der Waals surface area contributed by atoms with Gasteiger partial charge in [0.05, 0.1) is 18.4 Å². The van der Waals surface area contributed by atoms with Gasteiger partial charge < -0.3 is 8.92 Å². The standard InChI is InChI=1S/C16H18N2O5S/c1-10(2)14-13(15(19)22-4)9-17-16(18-14)23-24(20,21)12-7-5-11(3)6-8-12/h5-10H,1-4H3. The number of methoxy groups -OCH3 is 1. The van der Waals surface area contributed by atoms with Gasteiger partial charge in [-0.05, 0) is 25.0 Å². The fourth-order valence-corrected chi connectivity index (χ4v) is 2.82. The van der Waals surface area contributed by atoms with E-state index in [2.05, 4.69) is 14.7 Å². The second-order valence-corrected chi connectivity index (χ2v) is 6.99. The number of benzene rings is 1. The summed E-state index contributed by atoms with van der Waals surface area (Å²) in [7, 11) is -2.80. The highest BCUT2D eigenvalue weighted by Crippen LogP contribution is 2.22. The van der Waals surface area contributed by atoms with Gasteiger partial charge in [0.15, 0.2) is 0 Å². The normalized spacial score (nSPS) is 11.4. The average molecular weight is 350 g/mol. The molecule has 7 nitrogen and oxygen atoms in total. The molecule has 0 spiro atoms. The number of hydrogen-bond acceptors (Lipinski definition) is 7. The van der Waals surface area contributed by atoms with Gasteiger partial charge in [-0.15, -0.1) is 0 Å². The van der Waals surface area contributed by atoms with Crippen molar-refractivity contribution in [3.05, 3.63) is 47.3 Å². The van der Waals surface area contributed by atoms with Crippen molar-refractivity contribution < 1.29 is 22.1 Å². The summed E-state index contributed by atoms with van der Waals surface area (Å²) in [5.74, 6) is -0.738. The van der Waals surface area contributed by atoms with Crippen LogP contribution in [0.2, 0.25) is 0 Å². The molecule has 1 heterocycles. The third kappa shape index (κ3) is 3.88. The maximum absolute atomic E-state index is 12.3. The molecule has 0 aliphatic rings. The molecule has 128 valence electrons. The third-order valence-electron chi connectivity index (χ3n) is 3.24. The molecular formula is C16H18N2O5S. The molecule has 8 heteroatoms. The van der Waals surface area contributed by atoms with Gasteiger partial charge in [0.1, 0.15) is 4.90 Å². The van der Waals surface area contributed by atoms with Gasteiger partial charge in [0.2, 0.25) is 0 Å². The fourth-order valence-electron chi connectivity index (χ4n) is 1.98. The first-order valence-corrected chi connectivity index (χ1v) is 8.62. The molecular weight excluding hydrogens is 332 g/mol. The summed E-state index contributed by atoms with van der Waals surface area (Å²) >= 11 is 0. The van der Waals surface area contributed by atoms with Crippen molar-refractivity contribution >= 4 is 16.1 Å². The number of ether oxygens (including phenoxy) is 1. The lowest BCUT2D eigenvalue weighted by Gasteiger charge is -2.11. The van der Waals surface area contributed by atoms with Crippen molar-refractivity contribution in [1.29, 1.82) is 0 Å². The Morgan fingerprint density at radius 2 is 1.79 bits per heavy atom. The van der Waals surface area contributed by atoms with Crippen molar-refractivity contribution in [2.24, 2.45) is 0 Å². The Hall–Kier alpha value is -2.48. The number of rotatable bonds is 5. The molecule has 1 aromatic carbocycles. The summed E-state index contributed by atoms with van der Waals surface area (Å²) in [6.07, 6.45) is 1.20. The van der Waals surface area contributed by atoms with E-state index in [0.29, 0.717) is 5.69 Å². The molecule has 0 unspecified atom stereocenters. The van der Waals surface area contributed by atoms with Crippen molar-refractivity contribution in [3.63, 3.8) is 0 Å². The molecule has 24 heavy (non-hydrogen) atoms. The molecule has 2 rings (SSSR count). The Balaban J connectivity index is 2.37. The maximum atomic E-state index is 12.3. The maximum Gasteiger partial charge on any atom is 0.341 e. The molecule has 0 atom stereocenters. The van der Waals surface area contributed by atoms with E-state index in [4.69, 9.17) is 4.18 Å². The second-order valence-electron chi connectivity index (χ2n) is 5.45. The van der Waals surface area contributed by atoms with Crippen LogP contribution in [0.3, 0.4) is 0 Å². The topological polar surface area (TPSA) is 95.5 Å². The monoisotopic (exact) mass is 350 g/mol. The number of carbonyl (C=O) groups is 1. The van der Waals surface area contributed by atoms with Crippen molar-refractivity contribution in [2.75, 3.05) is 7.11 Å². The first-order chi connectivity index (χ1) is 11.2. The number of aromatic nitrogens is 2. The number of carbonyl (C=O) groups excluding carboxylic acids is 1. The SMILES string of the molecule is COC(=O)c1cnc(OS(=O)(=O)c2ccc(C)cc2)nc1C(C)C. The van der Waals surface area contributed by atoms with E-state index in [-0.39, 0.29) is 22.4 Å². The van der Waals surface area contributed by atoms with Crippen molar-refractivity contribution in [1.82, 2.24) is 9.97 Å². The molecule has 0 fully saturated rings. The van der Waals surface area contributed by atoms with Gasteiger partial charge in [-0.2, -0.15) is 13.4 Å². The average Bonchev–Trinajstić information content (AvgIpc) is 2.54. The van der Waals surface area contributed by atoms with Gasteiger partial charge >= 0.3 is 22.1 Å². The zero-order valence-corrected chi connectivity index (χ0v) is 14.6. The number of nitrogens with zero attached hydrogens (tertiary/aromatic N) is 2. The van der Waals surface area contributed by atoms with Gasteiger partial charge in [-0.1, -0.05) is 31.5 Å². The number of hydrogen-bond donors (Lipinski definition) is 0. The molecule has 0 aliphatic carbocycles. The Labute approximate surface area is 140 Å². The van der Waals surface area contributed by atoms with Crippen LogP contribution in [-0.2, 0) is 14.9 Å². The van der Waals surface area contributed by atoms with Crippen molar-refractivity contribution in [3.8, 4) is 6.01 Å². The molecule has 2 aromatic rings. The van der Waals surface area contributed by atoms with Crippen LogP contribution >= 0.6 is 0 Å². The van der Waals surface area contributed by atoms with Crippen LogP contribution in [-0.4, -0.2) is 31.5 Å². The summed E-state index contributed by atoms with van der Waals surface area (Å²) in [5.41, 5.74) is 1.45. The van der Waals surface area contributed by atoms with Crippen molar-refractivity contribution in [2.45, 2.75) is 31.6 Å². The van der Waals surface area contributed by atoms with E-state index in [0.717, 1.165) is 5.56 Å². The summed E-state index contributed by atoms with van der Waals surface area (Å²) < 4.78 is 34.2. The highest BCUT2D eigenvalue weighted by Gasteiger charge is 2.22. The molecule has 0 saturated carbocycles. The quantitative estimate of drug-likeness (QED) is 0.604. The smallest absolute Gasteiger partial charge is 0.341 e. The minimum atomic E-state index is -4.05. The third-order valence-corrected chi connectivity index (χ3v) is 4.46. The zero-order chi connectivity index (χ0) is 17.9. The Morgan fingerprint density at radius 3 is 2.33 bits per heavy atom. The Morgan fingerprint density at radius 1 is 1.17 bits per heavy atom. The summed E-state index contributed by atoms with van der Waals surface area (Å²) in [6, 6.07) is 5.87. The lowest BCUT2D eigenvalue weighted by Crippen LogP contribution is -2.15. The van der Waals surface area contributed by atoms with Gasteiger partial charge in [-0.3, -0.25) is 0 Å². The molecule has 0 saturated heterocycles. The molecule has 0 N–H and O–H groups in total. The first-order valence-electron chi connectivity index (χ1n) is 7.21. The van der Waals surface area contributed by atoms with E-state index >= 15 is 0 Å². The first kappa shape index (κ1) is 17.9. The minimum Gasteiger partial charge on any atom is -0.465 e.